The third kappa shape index (κ3) is 4.80. The smallest absolute Gasteiger partial charge is 0.271 e. The Kier molecular flexibility index (Phi) is 6.43. The van der Waals surface area contributed by atoms with Gasteiger partial charge in [0.25, 0.3) is 17.7 Å². The summed E-state index contributed by atoms with van der Waals surface area (Å²) in [6.07, 6.45) is 1.41. The molecule has 0 spiro atoms. The average molecular weight is 555 g/mol. The number of nitrogens with one attached hydrogen (secondary N) is 1. The quantitative estimate of drug-likeness (QED) is 0.158. The van der Waals surface area contributed by atoms with Gasteiger partial charge in [0.15, 0.2) is 9.43 Å². The van der Waals surface area contributed by atoms with Gasteiger partial charge in [-0.25, -0.2) is 15.3 Å². The van der Waals surface area contributed by atoms with Gasteiger partial charge in [0.2, 0.25) is 0 Å². The van der Waals surface area contributed by atoms with Gasteiger partial charge in [-0.2, -0.15) is 5.10 Å². The summed E-state index contributed by atoms with van der Waals surface area (Å²) >= 11 is 2.76. The highest BCUT2D eigenvalue weighted by Gasteiger charge is 2.36. The van der Waals surface area contributed by atoms with Crippen LogP contribution in [-0.2, 0) is 0 Å². The van der Waals surface area contributed by atoms with E-state index in [9.17, 15) is 14.4 Å². The highest BCUT2D eigenvalue weighted by atomic mass is 32.2. The molecule has 3 heterocycles. The lowest BCUT2D eigenvalue weighted by atomic mass is 10.1. The number of carbonyl (C=O) groups excluding carboxylic acids is 3. The van der Waals surface area contributed by atoms with Gasteiger partial charge in [-0.05, 0) is 78.5 Å². The van der Waals surface area contributed by atoms with Crippen LogP contribution in [0.5, 0.6) is 5.75 Å². The maximum Gasteiger partial charge on any atom is 0.271 e. The van der Waals surface area contributed by atoms with E-state index in [1.54, 1.807) is 86.0 Å². The molecule has 1 N–H and O–H groups in total. The van der Waals surface area contributed by atoms with Gasteiger partial charge >= 0.3 is 0 Å². The summed E-state index contributed by atoms with van der Waals surface area (Å²) in [5.74, 6) is 0.0942. The van der Waals surface area contributed by atoms with Crippen LogP contribution in [0.3, 0.4) is 0 Å². The molecule has 2 aromatic heterocycles. The first kappa shape index (κ1) is 24.6. The van der Waals surface area contributed by atoms with Gasteiger partial charge in [-0.15, -0.1) is 11.3 Å². The van der Waals surface area contributed by atoms with E-state index in [1.165, 1.54) is 34.2 Å². The van der Waals surface area contributed by atoms with Crippen molar-refractivity contribution in [3.05, 3.63) is 101 Å². The van der Waals surface area contributed by atoms with Crippen molar-refractivity contribution in [3.63, 3.8) is 0 Å². The number of anilines is 1. The van der Waals surface area contributed by atoms with Crippen LogP contribution in [-0.4, -0.2) is 36.0 Å². The molecule has 6 rings (SSSR count). The van der Waals surface area contributed by atoms with Crippen LogP contribution >= 0.6 is 23.1 Å². The molecule has 0 fully saturated rings. The van der Waals surface area contributed by atoms with Crippen molar-refractivity contribution in [2.45, 2.75) is 9.43 Å². The van der Waals surface area contributed by atoms with Crippen molar-refractivity contribution in [2.24, 2.45) is 5.10 Å². The van der Waals surface area contributed by atoms with Crippen LogP contribution < -0.4 is 15.1 Å². The molecule has 3 amide bonds. The topological polar surface area (TPSA) is 114 Å². The number of aromatic nitrogens is 1. The van der Waals surface area contributed by atoms with Crippen LogP contribution in [0.2, 0.25) is 0 Å². The predicted molar refractivity (Wildman–Crippen MR) is 148 cm³/mol. The number of nitrogens with zero attached hydrogens (tertiary/aromatic N) is 3. The van der Waals surface area contributed by atoms with Gasteiger partial charge in [-0.3, -0.25) is 14.4 Å². The zero-order valence-electron chi connectivity index (χ0n) is 20.3. The maximum absolute atomic E-state index is 12.8. The van der Waals surface area contributed by atoms with Crippen LogP contribution in [0.1, 0.15) is 36.8 Å². The Morgan fingerprint density at radius 1 is 1.03 bits per heavy atom. The van der Waals surface area contributed by atoms with Crippen molar-refractivity contribution < 1.29 is 23.5 Å². The highest BCUT2D eigenvalue weighted by molar-refractivity contribution is 8.01. The Balaban J connectivity index is 1.12. The first-order valence-electron chi connectivity index (χ1n) is 11.6. The molecular formula is C28H18N4O5S2. The Bertz CT molecular complexity index is 1740. The Morgan fingerprint density at radius 3 is 2.49 bits per heavy atom. The largest absolute Gasteiger partial charge is 0.497 e. The number of hydrogen-bond acceptors (Lipinski definition) is 9. The lowest BCUT2D eigenvalue weighted by Crippen LogP contribution is -2.29. The molecule has 9 nitrogen and oxygen atoms in total. The highest BCUT2D eigenvalue weighted by Crippen LogP contribution is 2.37. The molecule has 0 radical (unpaired) electrons. The van der Waals surface area contributed by atoms with Gasteiger partial charge in [0.1, 0.15) is 11.5 Å². The number of rotatable bonds is 7. The molecule has 0 atom stereocenters. The molecule has 0 saturated carbocycles. The number of furan rings is 1. The number of imide groups is 1. The fraction of sp³-hybridized carbons (Fsp3) is 0.0357. The third-order valence-electron chi connectivity index (χ3n) is 5.90. The summed E-state index contributed by atoms with van der Waals surface area (Å²) in [6, 6.07) is 22.3. The molecule has 11 heteroatoms. The summed E-state index contributed by atoms with van der Waals surface area (Å²) in [6.45, 7) is 0. The molecule has 1 aliphatic heterocycles. The number of methoxy groups -OCH3 is 1. The molecule has 1 aliphatic rings. The summed E-state index contributed by atoms with van der Waals surface area (Å²) in [7, 11) is 1.56. The van der Waals surface area contributed by atoms with Crippen LogP contribution in [0.15, 0.2) is 97.8 Å². The number of thiazole rings is 1. The van der Waals surface area contributed by atoms with E-state index >= 15 is 0 Å². The molecule has 0 unspecified atom stereocenters. The predicted octanol–water partition coefficient (Wildman–Crippen LogP) is 5.61. The lowest BCUT2D eigenvalue weighted by Gasteiger charge is -2.13. The number of fused-ring (bicyclic) bond motifs is 2. The Morgan fingerprint density at radius 2 is 1.77 bits per heavy atom. The van der Waals surface area contributed by atoms with E-state index < -0.39 is 0 Å². The minimum Gasteiger partial charge on any atom is -0.497 e. The van der Waals surface area contributed by atoms with Crippen LogP contribution in [0.4, 0.5) is 5.69 Å². The number of amides is 3. The molecule has 39 heavy (non-hydrogen) atoms. The Hall–Kier alpha value is -4.74. The summed E-state index contributed by atoms with van der Waals surface area (Å²) in [5, 5.41) is 4.55. The molecule has 0 bridgehead atoms. The van der Waals surface area contributed by atoms with E-state index in [0.29, 0.717) is 39.0 Å². The Labute approximate surface area is 230 Å². The summed E-state index contributed by atoms with van der Waals surface area (Å²) in [4.78, 5) is 43.7. The van der Waals surface area contributed by atoms with Gasteiger partial charge in [0.05, 0.1) is 40.4 Å². The second-order valence-corrected chi connectivity index (χ2v) is 10.6. The second kappa shape index (κ2) is 10.2. The standard InChI is InChI=1S/C28H18N4O5S2/c1-36-18-9-6-16(7-10-18)25(33)31-29-15-19-11-13-24(37-19)39-28-30-22-12-8-17(14-23(22)38-28)32-26(34)20-4-2-3-5-21(20)27(32)35/h2-15H,1H3,(H,31,33)/b29-15-. The third-order valence-corrected chi connectivity index (χ3v) is 7.90. The summed E-state index contributed by atoms with van der Waals surface area (Å²) in [5.41, 5.74) is 4.97. The number of benzene rings is 3. The SMILES string of the molecule is COc1ccc(C(=O)N/N=C\c2ccc(Sc3nc4ccc(N5C(=O)c6ccccc6C5=O)cc4s3)o2)cc1. The monoisotopic (exact) mass is 554 g/mol. The number of ether oxygens (including phenoxy) is 1. The van der Waals surface area contributed by atoms with E-state index in [2.05, 4.69) is 15.5 Å². The molecule has 192 valence electrons. The second-order valence-electron chi connectivity index (χ2n) is 8.31. The van der Waals surface area contributed by atoms with E-state index in [1.807, 2.05) is 0 Å². The average Bonchev–Trinajstić information content (AvgIpc) is 3.64. The van der Waals surface area contributed by atoms with Crippen molar-refractivity contribution in [2.75, 3.05) is 12.0 Å². The van der Waals surface area contributed by atoms with E-state index in [0.717, 1.165) is 14.6 Å². The number of carbonyl (C=O) groups is 3. The van der Waals surface area contributed by atoms with Crippen molar-refractivity contribution >= 4 is 62.9 Å². The van der Waals surface area contributed by atoms with Crippen molar-refractivity contribution in [1.29, 1.82) is 0 Å². The van der Waals surface area contributed by atoms with Crippen LogP contribution in [0, 0.1) is 0 Å². The summed E-state index contributed by atoms with van der Waals surface area (Å²) < 4.78 is 12.4. The minimum absolute atomic E-state index is 0.334. The van der Waals surface area contributed by atoms with E-state index in [-0.39, 0.29) is 17.7 Å². The van der Waals surface area contributed by atoms with Crippen molar-refractivity contribution in [3.8, 4) is 5.75 Å². The zero-order chi connectivity index (χ0) is 26.9. The minimum atomic E-state index is -0.356. The fourth-order valence-electron chi connectivity index (χ4n) is 4.00. The molecule has 5 aromatic rings. The fourth-order valence-corrected chi connectivity index (χ4v) is 6.01. The maximum atomic E-state index is 12.8. The molecule has 3 aromatic carbocycles. The lowest BCUT2D eigenvalue weighted by molar-refractivity contribution is 0.0922. The van der Waals surface area contributed by atoms with Gasteiger partial charge in [0, 0.05) is 5.56 Å². The molecule has 0 saturated heterocycles. The zero-order valence-corrected chi connectivity index (χ0v) is 21.9. The van der Waals surface area contributed by atoms with Gasteiger partial charge in [-0.1, -0.05) is 12.1 Å². The van der Waals surface area contributed by atoms with E-state index in [4.69, 9.17) is 9.15 Å². The number of hydrogen-bond donors (Lipinski definition) is 1. The first-order chi connectivity index (χ1) is 19.0. The first-order valence-corrected chi connectivity index (χ1v) is 13.3. The molecular weight excluding hydrogens is 536 g/mol. The normalized spacial score (nSPS) is 12.9. The van der Waals surface area contributed by atoms with Crippen LogP contribution in [0.25, 0.3) is 10.2 Å². The number of hydrazone groups is 1. The molecule has 0 aliphatic carbocycles. The van der Waals surface area contributed by atoms with Crippen molar-refractivity contribution in [1.82, 2.24) is 10.4 Å². The van der Waals surface area contributed by atoms with Gasteiger partial charge < -0.3 is 9.15 Å².